The second kappa shape index (κ2) is 8.89. The van der Waals surface area contributed by atoms with Gasteiger partial charge in [0, 0.05) is 31.1 Å². The summed E-state index contributed by atoms with van der Waals surface area (Å²) >= 11 is 0. The lowest BCUT2D eigenvalue weighted by Gasteiger charge is -2.21. The molecule has 2 aliphatic rings. The predicted octanol–water partition coefficient (Wildman–Crippen LogP) is 3.44. The molecule has 0 bridgehead atoms. The van der Waals surface area contributed by atoms with Crippen molar-refractivity contribution in [3.63, 3.8) is 0 Å². The molecule has 1 N–H and O–H groups in total. The minimum Gasteiger partial charge on any atom is -0.454 e. The topological polar surface area (TPSA) is 101 Å². The number of amides is 1. The van der Waals surface area contributed by atoms with Gasteiger partial charge in [-0.2, -0.15) is 0 Å². The van der Waals surface area contributed by atoms with Crippen molar-refractivity contribution in [1.29, 1.82) is 0 Å². The minimum absolute atomic E-state index is 0.268. The van der Waals surface area contributed by atoms with Gasteiger partial charge in [-0.1, -0.05) is 19.1 Å². The highest BCUT2D eigenvalue weighted by molar-refractivity contribution is 5.93. The van der Waals surface area contributed by atoms with Crippen molar-refractivity contribution in [3.8, 4) is 11.5 Å². The lowest BCUT2D eigenvalue weighted by atomic mass is 10.2. The van der Waals surface area contributed by atoms with E-state index in [9.17, 15) is 14.4 Å². The summed E-state index contributed by atoms with van der Waals surface area (Å²) < 4.78 is 20.2. The van der Waals surface area contributed by atoms with Gasteiger partial charge in [-0.05, 0) is 43.5 Å². The van der Waals surface area contributed by atoms with Crippen molar-refractivity contribution in [3.05, 3.63) is 52.9 Å². The van der Waals surface area contributed by atoms with Crippen LogP contribution in [0.3, 0.4) is 0 Å². The fraction of sp³-hybridized carbons (Fsp3) is 0.400. The SMILES string of the molecule is CCCn1c(=O)n(CC(=O)OCC(=O)Nc2ccc3c(c2)OC2(CCCC2)O3)c2ccccc21. The largest absolute Gasteiger partial charge is 0.454 e. The number of carbonyl (C=O) groups is 2. The number of hydrogen-bond acceptors (Lipinski definition) is 6. The van der Waals surface area contributed by atoms with Crippen LogP contribution in [-0.2, 0) is 27.4 Å². The highest BCUT2D eigenvalue weighted by Gasteiger charge is 2.44. The first-order valence-corrected chi connectivity index (χ1v) is 11.6. The number of aryl methyl sites for hydroxylation is 1. The second-order valence-electron chi connectivity index (χ2n) is 8.70. The Kier molecular flexibility index (Phi) is 5.77. The number of carbonyl (C=O) groups excluding carboxylic acids is 2. The first-order chi connectivity index (χ1) is 16.5. The molecule has 1 aliphatic heterocycles. The van der Waals surface area contributed by atoms with E-state index >= 15 is 0 Å². The summed E-state index contributed by atoms with van der Waals surface area (Å²) in [5.74, 6) is -0.452. The van der Waals surface area contributed by atoms with Gasteiger partial charge in [-0.25, -0.2) is 4.79 Å². The number of hydrogen-bond donors (Lipinski definition) is 1. The van der Waals surface area contributed by atoms with Gasteiger partial charge in [0.2, 0.25) is 0 Å². The van der Waals surface area contributed by atoms with E-state index in [4.69, 9.17) is 14.2 Å². The van der Waals surface area contributed by atoms with Gasteiger partial charge in [0.05, 0.1) is 11.0 Å². The molecule has 178 valence electrons. The number of nitrogens with zero attached hydrogens (tertiary/aromatic N) is 2. The van der Waals surface area contributed by atoms with E-state index in [1.165, 1.54) is 4.57 Å². The molecule has 0 radical (unpaired) electrons. The number of esters is 1. The van der Waals surface area contributed by atoms with Crippen LogP contribution in [-0.4, -0.2) is 33.4 Å². The average Bonchev–Trinajstić information content (AvgIpc) is 3.50. The number of rotatable bonds is 7. The van der Waals surface area contributed by atoms with Gasteiger partial charge in [-0.3, -0.25) is 18.7 Å². The quantitative estimate of drug-likeness (QED) is 0.537. The number of nitrogens with one attached hydrogen (secondary N) is 1. The van der Waals surface area contributed by atoms with Gasteiger partial charge in [0.25, 0.3) is 11.7 Å². The molecule has 1 saturated carbocycles. The van der Waals surface area contributed by atoms with Crippen LogP contribution in [0, 0.1) is 0 Å². The molecule has 0 unspecified atom stereocenters. The molecule has 9 heteroatoms. The average molecular weight is 466 g/mol. The van der Waals surface area contributed by atoms with E-state index < -0.39 is 24.3 Å². The van der Waals surface area contributed by atoms with Crippen LogP contribution in [0.2, 0.25) is 0 Å². The zero-order valence-electron chi connectivity index (χ0n) is 19.0. The maximum Gasteiger partial charge on any atom is 0.329 e. The lowest BCUT2D eigenvalue weighted by Crippen LogP contribution is -2.34. The van der Waals surface area contributed by atoms with Crippen LogP contribution in [0.5, 0.6) is 11.5 Å². The molecule has 0 atom stereocenters. The molecular weight excluding hydrogens is 438 g/mol. The fourth-order valence-electron chi connectivity index (χ4n) is 4.67. The van der Waals surface area contributed by atoms with Crippen LogP contribution in [0.25, 0.3) is 11.0 Å². The van der Waals surface area contributed by atoms with Crippen molar-refractivity contribution in [2.24, 2.45) is 0 Å². The molecule has 1 amide bonds. The molecule has 1 aliphatic carbocycles. The van der Waals surface area contributed by atoms with Gasteiger partial charge in [0.15, 0.2) is 18.1 Å². The Morgan fingerprint density at radius 2 is 1.74 bits per heavy atom. The predicted molar refractivity (Wildman–Crippen MR) is 125 cm³/mol. The summed E-state index contributed by atoms with van der Waals surface area (Å²) in [7, 11) is 0. The summed E-state index contributed by atoms with van der Waals surface area (Å²) in [6.45, 7) is 1.81. The van der Waals surface area contributed by atoms with Gasteiger partial charge in [-0.15, -0.1) is 0 Å². The molecule has 5 rings (SSSR count). The monoisotopic (exact) mass is 465 g/mol. The van der Waals surface area contributed by atoms with Crippen molar-refractivity contribution in [1.82, 2.24) is 9.13 Å². The van der Waals surface area contributed by atoms with E-state index in [0.717, 1.165) is 37.6 Å². The summed E-state index contributed by atoms with van der Waals surface area (Å²) in [4.78, 5) is 37.6. The zero-order valence-corrected chi connectivity index (χ0v) is 19.0. The number of para-hydroxylation sites is 2. The van der Waals surface area contributed by atoms with Crippen molar-refractivity contribution in [2.75, 3.05) is 11.9 Å². The van der Waals surface area contributed by atoms with Crippen molar-refractivity contribution < 1.29 is 23.8 Å². The molecule has 0 saturated heterocycles. The minimum atomic E-state index is -0.662. The van der Waals surface area contributed by atoms with Gasteiger partial charge in [0.1, 0.15) is 6.54 Å². The molecular formula is C25H27N3O6. The second-order valence-corrected chi connectivity index (χ2v) is 8.70. The first kappa shape index (κ1) is 22.1. The van der Waals surface area contributed by atoms with Crippen LogP contribution < -0.4 is 20.5 Å². The van der Waals surface area contributed by atoms with Crippen molar-refractivity contribution >= 4 is 28.6 Å². The Hall–Kier alpha value is -3.75. The normalized spacial score (nSPS) is 15.7. The smallest absolute Gasteiger partial charge is 0.329 e. The zero-order chi connectivity index (χ0) is 23.7. The van der Waals surface area contributed by atoms with Crippen LogP contribution in [0.4, 0.5) is 5.69 Å². The summed E-state index contributed by atoms with van der Waals surface area (Å²) in [5, 5.41) is 2.71. The Morgan fingerprint density at radius 3 is 2.47 bits per heavy atom. The van der Waals surface area contributed by atoms with Crippen molar-refractivity contribution in [2.45, 2.75) is 57.9 Å². The third kappa shape index (κ3) is 4.13. The van der Waals surface area contributed by atoms with E-state index in [-0.39, 0.29) is 12.2 Å². The number of benzene rings is 2. The standard InChI is InChI=1S/C25H27N3O6/c1-2-13-27-18-7-3-4-8-19(18)28(24(27)31)15-23(30)32-16-22(29)26-17-9-10-20-21(14-17)34-25(33-20)11-5-6-12-25/h3-4,7-10,14H,2,5-6,11-13,15-16H2,1H3,(H,26,29). The molecule has 9 nitrogen and oxygen atoms in total. The molecule has 34 heavy (non-hydrogen) atoms. The Morgan fingerprint density at radius 1 is 1.03 bits per heavy atom. The van der Waals surface area contributed by atoms with Crippen LogP contribution >= 0.6 is 0 Å². The summed E-state index contributed by atoms with van der Waals surface area (Å²) in [6, 6.07) is 12.5. The van der Waals surface area contributed by atoms with E-state index in [0.29, 0.717) is 29.2 Å². The van der Waals surface area contributed by atoms with Crippen LogP contribution in [0.15, 0.2) is 47.3 Å². The maximum atomic E-state index is 12.8. The molecule has 1 spiro atoms. The highest BCUT2D eigenvalue weighted by Crippen LogP contribution is 2.47. The maximum absolute atomic E-state index is 12.8. The highest BCUT2D eigenvalue weighted by atomic mass is 16.7. The van der Waals surface area contributed by atoms with E-state index in [1.807, 2.05) is 25.1 Å². The Bertz CT molecular complexity index is 1300. The number of aromatic nitrogens is 2. The molecule has 2 aromatic carbocycles. The third-order valence-electron chi connectivity index (χ3n) is 6.21. The molecule has 1 aromatic heterocycles. The lowest BCUT2D eigenvalue weighted by molar-refractivity contribution is -0.147. The number of fused-ring (bicyclic) bond motifs is 2. The summed E-state index contributed by atoms with van der Waals surface area (Å²) in [5.41, 5.74) is 1.67. The molecule has 1 fully saturated rings. The Balaban J connectivity index is 1.19. The number of ether oxygens (including phenoxy) is 3. The van der Waals surface area contributed by atoms with E-state index in [1.54, 1.807) is 28.8 Å². The molecule has 3 aromatic rings. The third-order valence-corrected chi connectivity index (χ3v) is 6.21. The van der Waals surface area contributed by atoms with Crippen LogP contribution in [0.1, 0.15) is 39.0 Å². The summed E-state index contributed by atoms with van der Waals surface area (Å²) in [6.07, 6.45) is 4.61. The number of anilines is 1. The van der Waals surface area contributed by atoms with E-state index in [2.05, 4.69) is 5.32 Å². The Labute approximate surface area is 196 Å². The van der Waals surface area contributed by atoms with Gasteiger partial charge >= 0.3 is 11.7 Å². The first-order valence-electron chi connectivity index (χ1n) is 11.6. The van der Waals surface area contributed by atoms with Gasteiger partial charge < -0.3 is 19.5 Å². The fourth-order valence-corrected chi connectivity index (χ4v) is 4.67. The molecule has 2 heterocycles. The number of imidazole rings is 1.